The average Bonchev–Trinajstić information content (AvgIpc) is 3.13. The van der Waals surface area contributed by atoms with Crippen LogP contribution in [0.25, 0.3) is 11.5 Å². The number of aliphatic carboxylic acids is 1. The Morgan fingerprint density at radius 1 is 1.16 bits per heavy atom. The van der Waals surface area contributed by atoms with E-state index in [0.717, 1.165) is 23.1 Å². The van der Waals surface area contributed by atoms with E-state index in [4.69, 9.17) is 14.3 Å². The molecule has 0 fully saturated rings. The van der Waals surface area contributed by atoms with Crippen LogP contribution in [0.1, 0.15) is 22.6 Å². The van der Waals surface area contributed by atoms with Crippen LogP contribution in [-0.4, -0.2) is 40.7 Å². The summed E-state index contributed by atoms with van der Waals surface area (Å²) in [7, 11) is 1.12. The molecule has 8 nitrogen and oxygen atoms in total. The molecule has 0 atom stereocenters. The zero-order valence-electron chi connectivity index (χ0n) is 17.9. The molecule has 0 unspecified atom stereocenters. The van der Waals surface area contributed by atoms with Gasteiger partial charge in [0.1, 0.15) is 36.2 Å². The number of aromatic nitrogens is 1. The van der Waals surface area contributed by atoms with Crippen molar-refractivity contribution in [3.63, 3.8) is 0 Å². The van der Waals surface area contributed by atoms with E-state index in [1.807, 2.05) is 31.2 Å². The fourth-order valence-electron chi connectivity index (χ4n) is 2.98. The number of nitrogens with zero attached hydrogens (tertiary/aromatic N) is 2. The van der Waals surface area contributed by atoms with Crippen molar-refractivity contribution in [2.45, 2.75) is 27.0 Å². The molecule has 32 heavy (non-hydrogen) atoms. The van der Waals surface area contributed by atoms with Crippen molar-refractivity contribution in [3.05, 3.63) is 70.9 Å². The number of carbonyl (C=O) groups is 2. The number of methoxy groups -OCH3 is 1. The molecule has 0 aliphatic heterocycles. The summed E-state index contributed by atoms with van der Waals surface area (Å²) >= 11 is 0. The summed E-state index contributed by atoms with van der Waals surface area (Å²) in [5, 5.41) is 8.98. The van der Waals surface area contributed by atoms with Crippen molar-refractivity contribution < 1.29 is 33.0 Å². The van der Waals surface area contributed by atoms with Crippen molar-refractivity contribution in [3.8, 4) is 17.2 Å². The average molecular weight is 442 g/mol. The Morgan fingerprint density at radius 2 is 1.88 bits per heavy atom. The highest BCUT2D eigenvalue weighted by atomic mass is 19.1. The first-order chi connectivity index (χ1) is 15.3. The molecule has 0 aliphatic rings. The van der Waals surface area contributed by atoms with Gasteiger partial charge in [0, 0.05) is 11.1 Å². The fourth-order valence-corrected chi connectivity index (χ4v) is 2.98. The number of carboxylic acids is 1. The van der Waals surface area contributed by atoms with Crippen LogP contribution >= 0.6 is 0 Å². The van der Waals surface area contributed by atoms with E-state index in [1.165, 1.54) is 18.2 Å². The van der Waals surface area contributed by atoms with Gasteiger partial charge in [-0.2, -0.15) is 0 Å². The Labute approximate surface area is 184 Å². The molecule has 0 radical (unpaired) electrons. The van der Waals surface area contributed by atoms with Gasteiger partial charge < -0.3 is 19.0 Å². The number of amides is 1. The van der Waals surface area contributed by atoms with Crippen molar-refractivity contribution in [2.75, 3.05) is 13.7 Å². The largest absolute Gasteiger partial charge is 0.487 e. The second-order valence-corrected chi connectivity index (χ2v) is 7.15. The van der Waals surface area contributed by atoms with Gasteiger partial charge in [0.15, 0.2) is 0 Å². The van der Waals surface area contributed by atoms with Crippen LogP contribution < -0.4 is 4.74 Å². The zero-order valence-corrected chi connectivity index (χ0v) is 17.9. The standard InChI is InChI=1S/C23H23FN2O6/c1-14-4-6-16(7-5-14)22-25-20(15(2)32-22)13-31-18-8-9-19(24)17(10-18)11-26(12-21(27)28)23(29)30-3/h4-10H,11-13H2,1-3H3,(H,27,28). The number of hydrogen-bond donors (Lipinski definition) is 1. The summed E-state index contributed by atoms with van der Waals surface area (Å²) in [6.07, 6.45) is -0.875. The van der Waals surface area contributed by atoms with Gasteiger partial charge in [-0.3, -0.25) is 9.69 Å². The smallest absolute Gasteiger partial charge is 0.410 e. The fraction of sp³-hybridized carbons (Fsp3) is 0.261. The van der Waals surface area contributed by atoms with E-state index in [1.54, 1.807) is 6.92 Å². The molecule has 0 aliphatic carbocycles. The van der Waals surface area contributed by atoms with Crippen molar-refractivity contribution in [1.29, 1.82) is 0 Å². The van der Waals surface area contributed by atoms with E-state index in [0.29, 0.717) is 23.1 Å². The van der Waals surface area contributed by atoms with Crippen LogP contribution in [0.2, 0.25) is 0 Å². The molecule has 2 aromatic carbocycles. The minimum absolute atomic E-state index is 0.0854. The van der Waals surface area contributed by atoms with Gasteiger partial charge in [-0.25, -0.2) is 14.2 Å². The molecule has 1 heterocycles. The summed E-state index contributed by atoms with van der Waals surface area (Å²) < 4.78 is 30.3. The lowest BCUT2D eigenvalue weighted by Crippen LogP contribution is -2.35. The molecule has 9 heteroatoms. The van der Waals surface area contributed by atoms with Crippen LogP contribution in [0, 0.1) is 19.7 Å². The van der Waals surface area contributed by atoms with Gasteiger partial charge in [-0.05, 0) is 44.2 Å². The van der Waals surface area contributed by atoms with E-state index in [9.17, 15) is 14.0 Å². The van der Waals surface area contributed by atoms with Gasteiger partial charge in [-0.1, -0.05) is 17.7 Å². The number of rotatable bonds is 8. The molecule has 0 spiro atoms. The van der Waals surface area contributed by atoms with Gasteiger partial charge in [-0.15, -0.1) is 0 Å². The maximum absolute atomic E-state index is 14.3. The van der Waals surface area contributed by atoms with Crippen LogP contribution in [0.3, 0.4) is 0 Å². The van der Waals surface area contributed by atoms with E-state index in [-0.39, 0.29) is 18.7 Å². The summed E-state index contributed by atoms with van der Waals surface area (Å²) in [6.45, 7) is 2.94. The molecule has 168 valence electrons. The third-order valence-electron chi connectivity index (χ3n) is 4.70. The predicted octanol–water partition coefficient (Wildman–Crippen LogP) is 4.33. The number of carboxylic acid groups (broad SMARTS) is 1. The number of carbonyl (C=O) groups excluding carboxylic acids is 1. The first-order valence-corrected chi connectivity index (χ1v) is 9.76. The summed E-state index contributed by atoms with van der Waals surface area (Å²) in [5.41, 5.74) is 2.65. The Kier molecular flexibility index (Phi) is 7.09. The molecule has 0 bridgehead atoms. The predicted molar refractivity (Wildman–Crippen MR) is 113 cm³/mol. The second-order valence-electron chi connectivity index (χ2n) is 7.15. The number of ether oxygens (including phenoxy) is 2. The van der Waals surface area contributed by atoms with E-state index < -0.39 is 24.4 Å². The lowest BCUT2D eigenvalue weighted by atomic mass is 10.1. The number of hydrogen-bond acceptors (Lipinski definition) is 6. The van der Waals surface area contributed by atoms with E-state index >= 15 is 0 Å². The van der Waals surface area contributed by atoms with Gasteiger partial charge in [0.25, 0.3) is 0 Å². The number of oxazole rings is 1. The van der Waals surface area contributed by atoms with Gasteiger partial charge in [0.2, 0.25) is 5.89 Å². The normalized spacial score (nSPS) is 10.6. The quantitative estimate of drug-likeness (QED) is 0.554. The highest BCUT2D eigenvalue weighted by Gasteiger charge is 2.20. The number of aryl methyl sites for hydroxylation is 2. The molecule has 1 amide bonds. The van der Waals surface area contributed by atoms with Crippen LogP contribution in [0.5, 0.6) is 5.75 Å². The SMILES string of the molecule is COC(=O)N(CC(=O)O)Cc1cc(OCc2nc(-c3ccc(C)cc3)oc2C)ccc1F. The topological polar surface area (TPSA) is 102 Å². The van der Waals surface area contributed by atoms with Gasteiger partial charge in [0.05, 0.1) is 13.7 Å². The lowest BCUT2D eigenvalue weighted by Gasteiger charge is -2.19. The summed E-state index contributed by atoms with van der Waals surface area (Å²) in [5.74, 6) is -0.435. The van der Waals surface area contributed by atoms with Crippen LogP contribution in [0.15, 0.2) is 46.9 Å². The monoisotopic (exact) mass is 442 g/mol. The maximum atomic E-state index is 14.3. The Bertz CT molecular complexity index is 1110. The molecule has 0 saturated carbocycles. The summed E-state index contributed by atoms with van der Waals surface area (Å²) in [6, 6.07) is 11.8. The minimum atomic E-state index is -1.24. The van der Waals surface area contributed by atoms with Crippen LogP contribution in [-0.2, 0) is 22.7 Å². The molecular formula is C23H23FN2O6. The van der Waals surface area contributed by atoms with Gasteiger partial charge >= 0.3 is 12.1 Å². The van der Waals surface area contributed by atoms with E-state index in [2.05, 4.69) is 9.72 Å². The molecular weight excluding hydrogens is 419 g/mol. The molecule has 3 aromatic rings. The zero-order chi connectivity index (χ0) is 23.3. The highest BCUT2D eigenvalue weighted by molar-refractivity contribution is 5.76. The Balaban J connectivity index is 1.73. The number of benzene rings is 2. The van der Waals surface area contributed by atoms with Crippen molar-refractivity contribution >= 4 is 12.1 Å². The molecule has 1 aromatic heterocycles. The minimum Gasteiger partial charge on any atom is -0.487 e. The second kappa shape index (κ2) is 9.95. The first-order valence-electron chi connectivity index (χ1n) is 9.76. The molecule has 0 saturated heterocycles. The van der Waals surface area contributed by atoms with Crippen molar-refractivity contribution in [1.82, 2.24) is 9.88 Å². The van der Waals surface area contributed by atoms with Crippen LogP contribution in [0.4, 0.5) is 9.18 Å². The Morgan fingerprint density at radius 3 is 2.53 bits per heavy atom. The highest BCUT2D eigenvalue weighted by Crippen LogP contribution is 2.24. The first kappa shape index (κ1) is 22.8. The third-order valence-corrected chi connectivity index (χ3v) is 4.70. The molecule has 1 N–H and O–H groups in total. The summed E-state index contributed by atoms with van der Waals surface area (Å²) in [4.78, 5) is 28.2. The van der Waals surface area contributed by atoms with Crippen molar-refractivity contribution in [2.24, 2.45) is 0 Å². The molecule has 3 rings (SSSR count). The number of halogens is 1. The Hall–Kier alpha value is -3.88. The lowest BCUT2D eigenvalue weighted by molar-refractivity contribution is -0.138. The third kappa shape index (κ3) is 5.63. The maximum Gasteiger partial charge on any atom is 0.410 e.